The SMILES string of the molecule is CCc1ccccc1P(c1ccccc1CC)C1CCCCC1. The number of hydrogen-bond donors (Lipinski definition) is 0. The zero-order chi connectivity index (χ0) is 16.1. The van der Waals surface area contributed by atoms with Crippen molar-refractivity contribution in [3.63, 3.8) is 0 Å². The highest BCUT2D eigenvalue weighted by Crippen LogP contribution is 2.47. The lowest BCUT2D eigenvalue weighted by Crippen LogP contribution is -2.27. The summed E-state index contributed by atoms with van der Waals surface area (Å²) in [6.07, 6.45) is 9.42. The predicted molar refractivity (Wildman–Crippen MR) is 105 cm³/mol. The summed E-state index contributed by atoms with van der Waals surface area (Å²) >= 11 is 0. The van der Waals surface area contributed by atoms with Crippen LogP contribution in [-0.2, 0) is 12.8 Å². The Kier molecular flexibility index (Phi) is 5.90. The molecule has 0 nitrogen and oxygen atoms in total. The van der Waals surface area contributed by atoms with Crippen molar-refractivity contribution in [3.05, 3.63) is 59.7 Å². The average molecular weight is 324 g/mol. The first-order valence-electron chi connectivity index (χ1n) is 9.30. The van der Waals surface area contributed by atoms with Crippen molar-refractivity contribution in [2.75, 3.05) is 0 Å². The van der Waals surface area contributed by atoms with E-state index in [0.29, 0.717) is 0 Å². The van der Waals surface area contributed by atoms with E-state index in [2.05, 4.69) is 62.4 Å². The third-order valence-corrected chi connectivity index (χ3v) is 8.36. The van der Waals surface area contributed by atoms with Gasteiger partial charge in [-0.25, -0.2) is 0 Å². The fourth-order valence-corrected chi connectivity index (χ4v) is 7.46. The van der Waals surface area contributed by atoms with Gasteiger partial charge in [0.05, 0.1) is 0 Å². The van der Waals surface area contributed by atoms with Crippen LogP contribution in [0.5, 0.6) is 0 Å². The smallest absolute Gasteiger partial charge is 0.0129 e. The van der Waals surface area contributed by atoms with Crippen LogP contribution < -0.4 is 10.6 Å². The van der Waals surface area contributed by atoms with Gasteiger partial charge in [-0.3, -0.25) is 0 Å². The molecular weight excluding hydrogens is 295 g/mol. The molecule has 1 aliphatic carbocycles. The van der Waals surface area contributed by atoms with E-state index in [1.54, 1.807) is 21.7 Å². The summed E-state index contributed by atoms with van der Waals surface area (Å²) in [4.78, 5) is 0. The Labute approximate surface area is 143 Å². The molecule has 0 heterocycles. The second kappa shape index (κ2) is 8.11. The van der Waals surface area contributed by atoms with Crippen molar-refractivity contribution < 1.29 is 0 Å². The zero-order valence-electron chi connectivity index (χ0n) is 14.6. The molecule has 122 valence electrons. The number of rotatable bonds is 5. The molecule has 0 bridgehead atoms. The second-order valence-electron chi connectivity index (χ2n) is 6.63. The molecule has 0 spiro atoms. The van der Waals surface area contributed by atoms with Gasteiger partial charge in [-0.2, -0.15) is 0 Å². The minimum atomic E-state index is -0.222. The van der Waals surface area contributed by atoms with Crippen LogP contribution in [0.2, 0.25) is 0 Å². The summed E-state index contributed by atoms with van der Waals surface area (Å²) in [5.41, 5.74) is 4.00. The van der Waals surface area contributed by atoms with Crippen molar-refractivity contribution >= 4 is 18.5 Å². The third-order valence-electron chi connectivity index (χ3n) is 5.20. The molecule has 0 amide bonds. The fourth-order valence-electron chi connectivity index (χ4n) is 3.95. The van der Waals surface area contributed by atoms with Crippen molar-refractivity contribution in [1.82, 2.24) is 0 Å². The Hall–Kier alpha value is -1.13. The molecule has 1 heteroatoms. The van der Waals surface area contributed by atoms with Crippen LogP contribution in [0, 0.1) is 0 Å². The maximum absolute atomic E-state index is 2.42. The largest absolute Gasteiger partial charge is 0.0619 e. The Bertz CT molecular complexity index is 578. The van der Waals surface area contributed by atoms with E-state index in [-0.39, 0.29) is 7.92 Å². The predicted octanol–water partition coefficient (Wildman–Crippen LogP) is 5.58. The summed E-state index contributed by atoms with van der Waals surface area (Å²) in [6.45, 7) is 4.61. The van der Waals surface area contributed by atoms with Crippen LogP contribution in [-0.4, -0.2) is 5.66 Å². The molecule has 1 fully saturated rings. The Morgan fingerprint density at radius 2 is 1.22 bits per heavy atom. The molecule has 0 saturated heterocycles. The molecule has 23 heavy (non-hydrogen) atoms. The van der Waals surface area contributed by atoms with Crippen LogP contribution in [0.15, 0.2) is 48.5 Å². The van der Waals surface area contributed by atoms with Gasteiger partial charge in [0.1, 0.15) is 0 Å². The lowest BCUT2D eigenvalue weighted by atomic mass is 10.0. The topological polar surface area (TPSA) is 0 Å². The van der Waals surface area contributed by atoms with Gasteiger partial charge in [0.25, 0.3) is 0 Å². The van der Waals surface area contributed by atoms with Gasteiger partial charge >= 0.3 is 0 Å². The molecule has 0 aromatic heterocycles. The molecule has 0 N–H and O–H groups in total. The second-order valence-corrected chi connectivity index (χ2v) is 9.06. The molecule has 0 atom stereocenters. The Morgan fingerprint density at radius 3 is 1.70 bits per heavy atom. The molecular formula is C22H29P. The highest BCUT2D eigenvalue weighted by molar-refractivity contribution is 7.73. The zero-order valence-corrected chi connectivity index (χ0v) is 15.5. The van der Waals surface area contributed by atoms with Gasteiger partial charge < -0.3 is 0 Å². The lowest BCUT2D eigenvalue weighted by molar-refractivity contribution is 0.513. The van der Waals surface area contributed by atoms with E-state index in [4.69, 9.17) is 0 Å². The highest BCUT2D eigenvalue weighted by Gasteiger charge is 2.28. The first-order valence-corrected chi connectivity index (χ1v) is 10.7. The van der Waals surface area contributed by atoms with Crippen LogP contribution >= 0.6 is 7.92 Å². The van der Waals surface area contributed by atoms with Crippen molar-refractivity contribution in [2.45, 2.75) is 64.5 Å². The summed E-state index contributed by atoms with van der Waals surface area (Å²) in [5.74, 6) is 0. The monoisotopic (exact) mass is 324 g/mol. The van der Waals surface area contributed by atoms with Crippen molar-refractivity contribution in [2.24, 2.45) is 0 Å². The Morgan fingerprint density at radius 1 is 0.739 bits per heavy atom. The number of aryl methyl sites for hydroxylation is 2. The molecule has 0 aliphatic heterocycles. The van der Waals surface area contributed by atoms with E-state index in [0.717, 1.165) is 18.5 Å². The van der Waals surface area contributed by atoms with Gasteiger partial charge in [0, 0.05) is 0 Å². The fraction of sp³-hybridized carbons (Fsp3) is 0.455. The summed E-state index contributed by atoms with van der Waals surface area (Å²) in [7, 11) is -0.222. The minimum absolute atomic E-state index is 0.222. The van der Waals surface area contributed by atoms with Gasteiger partial charge in [-0.1, -0.05) is 81.6 Å². The summed E-state index contributed by atoms with van der Waals surface area (Å²) < 4.78 is 0. The first-order chi connectivity index (χ1) is 11.3. The maximum Gasteiger partial charge on any atom is -0.0129 e. The minimum Gasteiger partial charge on any atom is -0.0619 e. The molecule has 1 aliphatic rings. The Balaban J connectivity index is 2.10. The van der Waals surface area contributed by atoms with Gasteiger partial charge in [0.2, 0.25) is 0 Å². The summed E-state index contributed by atoms with van der Waals surface area (Å²) in [6, 6.07) is 18.5. The van der Waals surface area contributed by atoms with Gasteiger partial charge in [-0.05, 0) is 61.0 Å². The molecule has 2 aromatic carbocycles. The van der Waals surface area contributed by atoms with E-state index in [9.17, 15) is 0 Å². The first kappa shape index (κ1) is 16.7. The molecule has 2 aromatic rings. The van der Waals surface area contributed by atoms with Crippen molar-refractivity contribution in [1.29, 1.82) is 0 Å². The van der Waals surface area contributed by atoms with Gasteiger partial charge in [-0.15, -0.1) is 0 Å². The number of benzene rings is 2. The number of hydrogen-bond acceptors (Lipinski definition) is 0. The molecule has 1 saturated carbocycles. The van der Waals surface area contributed by atoms with E-state index in [1.165, 1.54) is 32.1 Å². The molecule has 0 radical (unpaired) electrons. The highest BCUT2D eigenvalue weighted by atomic mass is 31.1. The van der Waals surface area contributed by atoms with Crippen LogP contribution in [0.4, 0.5) is 0 Å². The van der Waals surface area contributed by atoms with Crippen LogP contribution in [0.1, 0.15) is 57.1 Å². The lowest BCUT2D eigenvalue weighted by Gasteiger charge is -2.34. The maximum atomic E-state index is 2.42. The quantitative estimate of drug-likeness (QED) is 0.630. The van der Waals surface area contributed by atoms with Crippen LogP contribution in [0.25, 0.3) is 0 Å². The standard InChI is InChI=1S/C22H29P/c1-3-18-12-8-10-16-21(18)23(20-14-6-5-7-15-20)22-17-11-9-13-19(22)4-2/h8-13,16-17,20H,3-7,14-15H2,1-2H3. The average Bonchev–Trinajstić information content (AvgIpc) is 2.64. The third kappa shape index (κ3) is 3.69. The van der Waals surface area contributed by atoms with Crippen LogP contribution in [0.3, 0.4) is 0 Å². The molecule has 3 rings (SSSR count). The summed E-state index contributed by atoms with van der Waals surface area (Å²) in [5, 5.41) is 3.30. The molecule has 0 unspecified atom stereocenters. The van der Waals surface area contributed by atoms with E-state index >= 15 is 0 Å². The van der Waals surface area contributed by atoms with Gasteiger partial charge in [0.15, 0.2) is 0 Å². The van der Waals surface area contributed by atoms with E-state index < -0.39 is 0 Å². The normalized spacial score (nSPS) is 16.0. The van der Waals surface area contributed by atoms with E-state index in [1.807, 2.05) is 0 Å². The van der Waals surface area contributed by atoms with Crippen molar-refractivity contribution in [3.8, 4) is 0 Å².